The van der Waals surface area contributed by atoms with Crippen molar-refractivity contribution in [2.45, 2.75) is 50.5 Å². The van der Waals surface area contributed by atoms with Gasteiger partial charge >= 0.3 is 0 Å². The Kier molecular flexibility index (Phi) is 11.6. The number of anilines is 1. The molecule has 3 rings (SSSR count). The van der Waals surface area contributed by atoms with Gasteiger partial charge in [-0.1, -0.05) is 90.8 Å². The summed E-state index contributed by atoms with van der Waals surface area (Å²) in [5.41, 5.74) is 1.38. The zero-order valence-electron chi connectivity index (χ0n) is 22.4. The first-order chi connectivity index (χ1) is 18.8. The van der Waals surface area contributed by atoms with Crippen LogP contribution in [0.15, 0.2) is 94.3 Å². The van der Waals surface area contributed by atoms with Crippen LogP contribution in [0.25, 0.3) is 0 Å². The third-order valence-corrected chi connectivity index (χ3v) is 8.69. The smallest absolute Gasteiger partial charge is 0.264 e. The van der Waals surface area contributed by atoms with Gasteiger partial charge in [0.05, 0.1) is 10.6 Å². The molecular formula is C30H36BrN3O4S. The summed E-state index contributed by atoms with van der Waals surface area (Å²) in [6, 6.07) is 23.9. The van der Waals surface area contributed by atoms with E-state index in [9.17, 15) is 18.0 Å². The summed E-state index contributed by atoms with van der Waals surface area (Å²) in [4.78, 5) is 28.8. The fraction of sp³-hybridized carbons (Fsp3) is 0.333. The minimum absolute atomic E-state index is 0.0814. The molecule has 0 radical (unpaired) electrons. The maximum atomic E-state index is 14.0. The van der Waals surface area contributed by atoms with Crippen LogP contribution < -0.4 is 9.62 Å². The molecule has 1 atom stereocenters. The molecule has 1 N–H and O–H groups in total. The number of sulfonamides is 1. The number of nitrogens with zero attached hydrogens (tertiary/aromatic N) is 2. The van der Waals surface area contributed by atoms with Gasteiger partial charge in [-0.2, -0.15) is 0 Å². The number of hydrogen-bond acceptors (Lipinski definition) is 4. The molecule has 0 aromatic heterocycles. The molecule has 0 unspecified atom stereocenters. The fourth-order valence-corrected chi connectivity index (χ4v) is 6.10. The van der Waals surface area contributed by atoms with Gasteiger partial charge < -0.3 is 10.2 Å². The molecule has 7 nitrogen and oxygen atoms in total. The van der Waals surface area contributed by atoms with Crippen LogP contribution >= 0.6 is 15.9 Å². The molecule has 3 aromatic carbocycles. The van der Waals surface area contributed by atoms with Crippen LogP contribution in [0.1, 0.15) is 38.7 Å². The Morgan fingerprint density at radius 3 is 2.21 bits per heavy atom. The van der Waals surface area contributed by atoms with Crippen LogP contribution in [0.5, 0.6) is 0 Å². The van der Waals surface area contributed by atoms with E-state index in [1.807, 2.05) is 44.2 Å². The van der Waals surface area contributed by atoms with Crippen molar-refractivity contribution in [1.82, 2.24) is 10.2 Å². The molecule has 0 heterocycles. The second kappa shape index (κ2) is 14.8. The van der Waals surface area contributed by atoms with E-state index in [4.69, 9.17) is 0 Å². The molecule has 0 aliphatic carbocycles. The lowest BCUT2D eigenvalue weighted by Crippen LogP contribution is -2.53. The van der Waals surface area contributed by atoms with E-state index in [0.29, 0.717) is 29.5 Å². The Morgan fingerprint density at radius 1 is 0.923 bits per heavy atom. The summed E-state index contributed by atoms with van der Waals surface area (Å²) in [5.74, 6) is -0.671. The van der Waals surface area contributed by atoms with Crippen molar-refractivity contribution >= 4 is 43.5 Å². The minimum atomic E-state index is -4.07. The molecule has 9 heteroatoms. The molecule has 0 saturated heterocycles. The van der Waals surface area contributed by atoms with E-state index in [2.05, 4.69) is 21.2 Å². The van der Waals surface area contributed by atoms with Gasteiger partial charge in [0, 0.05) is 17.6 Å². The summed E-state index contributed by atoms with van der Waals surface area (Å²) in [7, 11) is -4.07. The number of hydrogen-bond donors (Lipinski definition) is 1. The molecule has 0 bridgehead atoms. The first-order valence-corrected chi connectivity index (χ1v) is 15.5. The number of amides is 2. The Hall–Kier alpha value is -3.17. The van der Waals surface area contributed by atoms with Gasteiger partial charge in [-0.05, 0) is 55.2 Å². The summed E-state index contributed by atoms with van der Waals surface area (Å²) < 4.78 is 29.4. The van der Waals surface area contributed by atoms with Crippen molar-refractivity contribution in [3.63, 3.8) is 0 Å². The van der Waals surface area contributed by atoms with Gasteiger partial charge in [0.15, 0.2) is 0 Å². The topological polar surface area (TPSA) is 86.8 Å². The number of carbonyl (C=O) groups excluding carboxylic acids is 2. The van der Waals surface area contributed by atoms with E-state index in [1.165, 1.54) is 17.0 Å². The summed E-state index contributed by atoms with van der Waals surface area (Å²) in [6.07, 6.45) is 2.72. The van der Waals surface area contributed by atoms with Gasteiger partial charge in [-0.3, -0.25) is 13.9 Å². The van der Waals surface area contributed by atoms with Gasteiger partial charge in [-0.15, -0.1) is 0 Å². The van der Waals surface area contributed by atoms with Crippen LogP contribution in [-0.2, 0) is 26.0 Å². The summed E-state index contributed by atoms with van der Waals surface area (Å²) in [6.45, 7) is 4.27. The molecule has 0 aliphatic heterocycles. The maximum Gasteiger partial charge on any atom is 0.264 e. The summed E-state index contributed by atoms with van der Waals surface area (Å²) >= 11 is 3.41. The lowest BCUT2D eigenvalue weighted by atomic mass is 10.1. The fourth-order valence-electron chi connectivity index (χ4n) is 4.28. The third kappa shape index (κ3) is 8.41. The monoisotopic (exact) mass is 613 g/mol. The standard InChI is InChI=1S/C30H36BrN3O4S/c1-3-5-20-32-30(36)28(4-2)33(21-19-24-13-8-6-9-14-24)29(35)23-34(26-16-12-15-25(31)22-26)39(37,38)27-17-10-7-11-18-27/h6-18,22,28H,3-5,19-21,23H2,1-2H3,(H,32,36)/t28-/m1/s1. The normalized spacial score (nSPS) is 12.0. The molecule has 0 spiro atoms. The molecule has 3 aromatic rings. The van der Waals surface area contributed by atoms with E-state index < -0.39 is 28.5 Å². The van der Waals surface area contributed by atoms with E-state index in [0.717, 1.165) is 22.7 Å². The number of rotatable bonds is 14. The number of benzene rings is 3. The third-order valence-electron chi connectivity index (χ3n) is 6.41. The molecule has 39 heavy (non-hydrogen) atoms. The SMILES string of the molecule is CCCCNC(=O)[C@@H](CC)N(CCc1ccccc1)C(=O)CN(c1cccc(Br)c1)S(=O)(=O)c1ccccc1. The zero-order valence-corrected chi connectivity index (χ0v) is 24.8. The largest absolute Gasteiger partial charge is 0.354 e. The van der Waals surface area contributed by atoms with E-state index >= 15 is 0 Å². The lowest BCUT2D eigenvalue weighted by Gasteiger charge is -2.33. The van der Waals surface area contributed by atoms with Crippen LogP contribution in [0, 0.1) is 0 Å². The molecule has 0 aliphatic rings. The minimum Gasteiger partial charge on any atom is -0.354 e. The van der Waals surface area contributed by atoms with Crippen molar-refractivity contribution in [2.24, 2.45) is 0 Å². The highest BCUT2D eigenvalue weighted by Gasteiger charge is 2.33. The van der Waals surface area contributed by atoms with Crippen molar-refractivity contribution < 1.29 is 18.0 Å². The molecular weight excluding hydrogens is 578 g/mol. The van der Waals surface area contributed by atoms with Crippen LogP contribution in [0.4, 0.5) is 5.69 Å². The molecule has 208 valence electrons. The zero-order chi connectivity index (χ0) is 28.3. The highest BCUT2D eigenvalue weighted by atomic mass is 79.9. The Labute approximate surface area is 240 Å². The van der Waals surface area contributed by atoms with Gasteiger partial charge in [0.1, 0.15) is 12.6 Å². The Morgan fingerprint density at radius 2 is 1.59 bits per heavy atom. The maximum absolute atomic E-state index is 14.0. The highest BCUT2D eigenvalue weighted by Crippen LogP contribution is 2.27. The Bertz CT molecular complexity index is 1320. The lowest BCUT2D eigenvalue weighted by molar-refractivity contribution is -0.139. The number of unbranched alkanes of at least 4 members (excludes halogenated alkanes) is 1. The average Bonchev–Trinajstić information content (AvgIpc) is 2.94. The van der Waals surface area contributed by atoms with Crippen molar-refractivity contribution in [2.75, 3.05) is 23.9 Å². The van der Waals surface area contributed by atoms with E-state index in [1.54, 1.807) is 42.5 Å². The van der Waals surface area contributed by atoms with Crippen LogP contribution in [-0.4, -0.2) is 50.8 Å². The average molecular weight is 615 g/mol. The van der Waals surface area contributed by atoms with Crippen LogP contribution in [0.2, 0.25) is 0 Å². The predicted octanol–water partition coefficient (Wildman–Crippen LogP) is 5.41. The quantitative estimate of drug-likeness (QED) is 0.246. The molecule has 0 fully saturated rings. The second-order valence-electron chi connectivity index (χ2n) is 9.20. The van der Waals surface area contributed by atoms with Crippen LogP contribution in [0.3, 0.4) is 0 Å². The second-order valence-corrected chi connectivity index (χ2v) is 12.0. The molecule has 0 saturated carbocycles. The predicted molar refractivity (Wildman–Crippen MR) is 159 cm³/mol. The highest BCUT2D eigenvalue weighted by molar-refractivity contribution is 9.10. The van der Waals surface area contributed by atoms with Gasteiger partial charge in [0.2, 0.25) is 11.8 Å². The first kappa shape index (κ1) is 30.4. The van der Waals surface area contributed by atoms with Gasteiger partial charge in [-0.25, -0.2) is 8.42 Å². The molecule has 2 amide bonds. The number of nitrogens with one attached hydrogen (secondary N) is 1. The Balaban J connectivity index is 1.97. The number of halogens is 1. The van der Waals surface area contributed by atoms with Crippen molar-refractivity contribution in [1.29, 1.82) is 0 Å². The van der Waals surface area contributed by atoms with Crippen molar-refractivity contribution in [3.05, 3.63) is 95.0 Å². The summed E-state index contributed by atoms with van der Waals surface area (Å²) in [5, 5.41) is 2.95. The van der Waals surface area contributed by atoms with Gasteiger partial charge in [0.25, 0.3) is 10.0 Å². The van der Waals surface area contributed by atoms with E-state index in [-0.39, 0.29) is 17.3 Å². The number of carbonyl (C=O) groups is 2. The van der Waals surface area contributed by atoms with Crippen molar-refractivity contribution in [3.8, 4) is 0 Å². The first-order valence-electron chi connectivity index (χ1n) is 13.2.